The predicted molar refractivity (Wildman–Crippen MR) is 111 cm³/mol. The molecule has 4 rings (SSSR count). The number of benzene rings is 1. The highest BCUT2D eigenvalue weighted by molar-refractivity contribution is 6.30. The van der Waals surface area contributed by atoms with E-state index in [-0.39, 0.29) is 35.0 Å². The molecular weight excluding hydrogens is 426 g/mol. The molecule has 0 spiro atoms. The van der Waals surface area contributed by atoms with Gasteiger partial charge < -0.3 is 9.64 Å². The van der Waals surface area contributed by atoms with Crippen molar-refractivity contribution >= 4 is 17.5 Å². The molecule has 3 heterocycles. The topological polar surface area (TPSA) is 68.2 Å². The molecular formula is C22H19ClF2N4O2. The minimum absolute atomic E-state index is 0.0503. The zero-order chi connectivity index (χ0) is 22.0. The quantitative estimate of drug-likeness (QED) is 0.591. The van der Waals surface area contributed by atoms with Gasteiger partial charge in [0.25, 0.3) is 5.91 Å². The van der Waals surface area contributed by atoms with E-state index >= 15 is 0 Å². The van der Waals surface area contributed by atoms with Gasteiger partial charge in [0.2, 0.25) is 5.88 Å². The van der Waals surface area contributed by atoms with Crippen molar-refractivity contribution in [1.82, 2.24) is 19.9 Å². The van der Waals surface area contributed by atoms with Crippen LogP contribution in [0.15, 0.2) is 48.9 Å². The average molecular weight is 445 g/mol. The van der Waals surface area contributed by atoms with E-state index in [0.29, 0.717) is 23.9 Å². The highest BCUT2D eigenvalue weighted by atomic mass is 35.5. The van der Waals surface area contributed by atoms with Crippen LogP contribution in [-0.4, -0.2) is 44.4 Å². The fraction of sp³-hybridized carbons (Fsp3) is 0.273. The highest BCUT2D eigenvalue weighted by Crippen LogP contribution is 2.29. The number of nitrogens with zero attached hydrogens (tertiary/aromatic N) is 4. The Balaban J connectivity index is 1.61. The van der Waals surface area contributed by atoms with Gasteiger partial charge >= 0.3 is 0 Å². The Hall–Kier alpha value is -3.13. The molecule has 0 N–H and O–H groups in total. The van der Waals surface area contributed by atoms with Gasteiger partial charge in [-0.3, -0.25) is 4.79 Å². The van der Waals surface area contributed by atoms with E-state index in [2.05, 4.69) is 15.0 Å². The van der Waals surface area contributed by atoms with Gasteiger partial charge in [-0.1, -0.05) is 17.7 Å². The van der Waals surface area contributed by atoms with Crippen LogP contribution in [-0.2, 0) is 0 Å². The number of likely N-dealkylation sites (tertiary alicyclic amines) is 1. The number of halogens is 3. The maximum Gasteiger partial charge on any atom is 0.255 e. The third kappa shape index (κ3) is 4.49. The molecule has 2 aromatic heterocycles. The summed E-state index contributed by atoms with van der Waals surface area (Å²) in [5, 5.41) is 0.502. The van der Waals surface area contributed by atoms with Crippen molar-refractivity contribution in [3.05, 3.63) is 71.1 Å². The Bertz CT molecular complexity index is 1080. The first-order valence-corrected chi connectivity index (χ1v) is 10.2. The van der Waals surface area contributed by atoms with E-state index in [9.17, 15) is 13.6 Å². The third-order valence-corrected chi connectivity index (χ3v) is 5.46. The molecule has 1 aromatic carbocycles. The van der Waals surface area contributed by atoms with Gasteiger partial charge in [0, 0.05) is 18.8 Å². The third-order valence-electron chi connectivity index (χ3n) is 5.24. The molecule has 1 aliphatic heterocycles. The Morgan fingerprint density at radius 3 is 2.61 bits per heavy atom. The van der Waals surface area contributed by atoms with Crippen LogP contribution in [0.25, 0.3) is 11.4 Å². The van der Waals surface area contributed by atoms with Gasteiger partial charge in [-0.05, 0) is 38.0 Å². The number of amides is 1. The average Bonchev–Trinajstić information content (AvgIpc) is 2.77. The van der Waals surface area contributed by atoms with Crippen LogP contribution in [0.3, 0.4) is 0 Å². The molecule has 1 fully saturated rings. The largest absolute Gasteiger partial charge is 0.472 e. The lowest BCUT2D eigenvalue weighted by atomic mass is 9.97. The number of pyridine rings is 1. The Morgan fingerprint density at radius 1 is 1.13 bits per heavy atom. The van der Waals surface area contributed by atoms with Crippen molar-refractivity contribution < 1.29 is 18.3 Å². The van der Waals surface area contributed by atoms with Crippen LogP contribution in [0.5, 0.6) is 5.88 Å². The summed E-state index contributed by atoms with van der Waals surface area (Å²) in [6, 6.07) is 7.26. The fourth-order valence-electron chi connectivity index (χ4n) is 3.67. The molecule has 0 unspecified atom stereocenters. The molecule has 31 heavy (non-hydrogen) atoms. The van der Waals surface area contributed by atoms with Crippen molar-refractivity contribution in [1.29, 1.82) is 0 Å². The SMILES string of the molecule is C[C@H]1[C@H](Oc2ccc(Cl)cn2)CCCN1C(=O)c1cccc(F)c1-c1ncc(F)cn1. The molecule has 160 valence electrons. The van der Waals surface area contributed by atoms with Gasteiger partial charge in [0.1, 0.15) is 11.9 Å². The van der Waals surface area contributed by atoms with E-state index < -0.39 is 11.6 Å². The van der Waals surface area contributed by atoms with Crippen LogP contribution < -0.4 is 4.74 Å². The highest BCUT2D eigenvalue weighted by Gasteiger charge is 2.34. The molecule has 1 amide bonds. The summed E-state index contributed by atoms with van der Waals surface area (Å²) < 4.78 is 33.9. The molecule has 0 radical (unpaired) electrons. The minimum Gasteiger partial charge on any atom is -0.472 e. The molecule has 0 saturated carbocycles. The molecule has 6 nitrogen and oxygen atoms in total. The molecule has 1 saturated heterocycles. The van der Waals surface area contributed by atoms with Gasteiger partial charge in [-0.15, -0.1) is 0 Å². The number of aromatic nitrogens is 3. The number of rotatable bonds is 4. The summed E-state index contributed by atoms with van der Waals surface area (Å²) in [6.07, 6.45) is 4.55. The molecule has 0 aliphatic carbocycles. The number of hydrogen-bond donors (Lipinski definition) is 0. The first-order chi connectivity index (χ1) is 14.9. The van der Waals surface area contributed by atoms with Crippen molar-refractivity contribution in [2.45, 2.75) is 31.9 Å². The molecule has 3 aromatic rings. The normalized spacial score (nSPS) is 18.6. The van der Waals surface area contributed by atoms with Crippen molar-refractivity contribution in [2.24, 2.45) is 0 Å². The lowest BCUT2D eigenvalue weighted by molar-refractivity contribution is 0.0266. The minimum atomic E-state index is -0.653. The first kappa shape index (κ1) is 21.1. The standard InChI is InChI=1S/C22H19ClF2N4O2/c1-13-18(31-19-8-7-14(23)10-26-19)6-3-9-29(13)22(30)16-4-2-5-17(25)20(16)21-27-11-15(24)12-28-21/h2,4-5,7-8,10-13,18H,3,6,9H2,1H3/t13-,18+/m0/s1. The second-order valence-electron chi connectivity index (χ2n) is 7.24. The Labute approximate surface area is 182 Å². The molecule has 1 aliphatic rings. The second-order valence-corrected chi connectivity index (χ2v) is 7.68. The van der Waals surface area contributed by atoms with Crippen LogP contribution in [0, 0.1) is 11.6 Å². The summed E-state index contributed by atoms with van der Waals surface area (Å²) in [5.74, 6) is -1.30. The van der Waals surface area contributed by atoms with Crippen LogP contribution in [0.4, 0.5) is 8.78 Å². The molecule has 2 atom stereocenters. The number of carbonyl (C=O) groups excluding carboxylic acids is 1. The van der Waals surface area contributed by atoms with E-state index in [1.165, 1.54) is 24.4 Å². The maximum atomic E-state index is 14.7. The monoisotopic (exact) mass is 444 g/mol. The van der Waals surface area contributed by atoms with Crippen molar-refractivity contribution in [3.8, 4) is 17.3 Å². The van der Waals surface area contributed by atoms with Crippen molar-refractivity contribution in [3.63, 3.8) is 0 Å². The lowest BCUT2D eigenvalue weighted by Crippen LogP contribution is -2.51. The predicted octanol–water partition coefficient (Wildman–Crippen LogP) is 4.54. The zero-order valence-electron chi connectivity index (χ0n) is 16.6. The summed E-state index contributed by atoms with van der Waals surface area (Å²) in [5.41, 5.74) is 0.0610. The maximum absolute atomic E-state index is 14.7. The molecule has 9 heteroatoms. The summed E-state index contributed by atoms with van der Waals surface area (Å²) >= 11 is 5.87. The first-order valence-electron chi connectivity index (χ1n) is 9.79. The van der Waals surface area contributed by atoms with E-state index in [0.717, 1.165) is 18.8 Å². The van der Waals surface area contributed by atoms with Crippen LogP contribution in [0.1, 0.15) is 30.1 Å². The fourth-order valence-corrected chi connectivity index (χ4v) is 3.78. The van der Waals surface area contributed by atoms with Gasteiger partial charge in [0.15, 0.2) is 11.6 Å². The van der Waals surface area contributed by atoms with Gasteiger partial charge in [-0.25, -0.2) is 23.7 Å². The van der Waals surface area contributed by atoms with Crippen LogP contribution >= 0.6 is 11.6 Å². The van der Waals surface area contributed by atoms with Gasteiger partial charge in [0.05, 0.1) is 34.6 Å². The number of ether oxygens (including phenoxy) is 1. The second kappa shape index (κ2) is 8.93. The van der Waals surface area contributed by atoms with Crippen LogP contribution in [0.2, 0.25) is 5.02 Å². The lowest BCUT2D eigenvalue weighted by Gasteiger charge is -2.39. The Morgan fingerprint density at radius 2 is 1.90 bits per heavy atom. The van der Waals surface area contributed by atoms with E-state index in [4.69, 9.17) is 16.3 Å². The summed E-state index contributed by atoms with van der Waals surface area (Å²) in [7, 11) is 0. The van der Waals surface area contributed by atoms with E-state index in [1.54, 1.807) is 17.0 Å². The number of hydrogen-bond acceptors (Lipinski definition) is 5. The Kier molecular flexibility index (Phi) is 6.08. The number of carbonyl (C=O) groups is 1. The zero-order valence-corrected chi connectivity index (χ0v) is 17.4. The summed E-state index contributed by atoms with van der Waals surface area (Å²) in [4.78, 5) is 26.9. The van der Waals surface area contributed by atoms with Gasteiger partial charge in [-0.2, -0.15) is 0 Å². The number of piperidine rings is 1. The van der Waals surface area contributed by atoms with E-state index in [1.807, 2.05) is 6.92 Å². The smallest absolute Gasteiger partial charge is 0.255 e. The summed E-state index contributed by atoms with van der Waals surface area (Å²) in [6.45, 7) is 2.37. The van der Waals surface area contributed by atoms with Crippen molar-refractivity contribution in [2.75, 3.05) is 6.54 Å². The molecule has 0 bridgehead atoms.